The summed E-state index contributed by atoms with van der Waals surface area (Å²) in [6, 6.07) is 6.83. The van der Waals surface area contributed by atoms with Crippen LogP contribution < -0.4 is 0 Å². The molecule has 0 saturated heterocycles. The summed E-state index contributed by atoms with van der Waals surface area (Å²) in [5.74, 6) is 0. The summed E-state index contributed by atoms with van der Waals surface area (Å²) in [7, 11) is -3.37. The molecule has 0 amide bonds. The van der Waals surface area contributed by atoms with Gasteiger partial charge in [-0.3, -0.25) is 9.30 Å². The van der Waals surface area contributed by atoms with Crippen LogP contribution in [0.25, 0.3) is 0 Å². The summed E-state index contributed by atoms with van der Waals surface area (Å²) in [5.41, 5.74) is 1.05. The van der Waals surface area contributed by atoms with E-state index in [9.17, 15) is 8.42 Å². The Morgan fingerprint density at radius 3 is 2.47 bits per heavy atom. The van der Waals surface area contributed by atoms with Gasteiger partial charge < -0.3 is 0 Å². The number of benzene rings is 1. The molecule has 1 aromatic rings. The largest absolute Gasteiger partial charge is 0.273 e. The minimum Gasteiger partial charge on any atom is -0.273 e. The first-order chi connectivity index (χ1) is 7.10. The molecule has 0 radical (unpaired) electrons. The summed E-state index contributed by atoms with van der Waals surface area (Å²) in [6.07, 6.45) is 1.38. The highest BCUT2D eigenvalue weighted by molar-refractivity contribution is 7.89. The van der Waals surface area contributed by atoms with E-state index in [2.05, 4.69) is 4.99 Å². The average molecular weight is 224 g/mol. The third-order valence-corrected chi connectivity index (χ3v) is 4.05. The first kappa shape index (κ1) is 10.2. The Kier molecular flexibility index (Phi) is 2.48. The maximum absolute atomic E-state index is 12.0. The molecule has 0 aliphatic carbocycles. The van der Waals surface area contributed by atoms with Gasteiger partial charge in [-0.05, 0) is 19.1 Å². The Morgan fingerprint density at radius 2 is 1.93 bits per heavy atom. The number of hydrogen-bond acceptors (Lipinski definition) is 3. The molecule has 1 aliphatic rings. The van der Waals surface area contributed by atoms with Crippen molar-refractivity contribution in [2.75, 3.05) is 13.1 Å². The fraction of sp³-hybridized carbons (Fsp3) is 0.300. The summed E-state index contributed by atoms with van der Waals surface area (Å²) in [6.45, 7) is 2.91. The lowest BCUT2D eigenvalue weighted by Gasteiger charge is -2.14. The van der Waals surface area contributed by atoms with Gasteiger partial charge in [0.1, 0.15) is 0 Å². The second kappa shape index (κ2) is 3.66. The van der Waals surface area contributed by atoms with Gasteiger partial charge in [-0.25, -0.2) is 8.42 Å². The third-order valence-electron chi connectivity index (χ3n) is 2.29. The smallest absolute Gasteiger partial charge is 0.265 e. The minimum absolute atomic E-state index is 0.321. The number of aliphatic imine (C=N–C) groups is 1. The molecule has 5 heteroatoms. The van der Waals surface area contributed by atoms with Gasteiger partial charge in [-0.15, -0.1) is 0 Å². The Bertz CT molecular complexity index is 477. The number of aryl methyl sites for hydroxylation is 1. The Balaban J connectivity index is 2.37. The molecule has 0 atom stereocenters. The molecule has 0 saturated carbocycles. The zero-order valence-electron chi connectivity index (χ0n) is 8.42. The standard InChI is InChI=1S/C10H12N2O2S/c1-9-2-4-10(5-3-9)15(13,14)12-7-6-11-8-12/h2-5,8H,6-7H2,1H3. The van der Waals surface area contributed by atoms with Crippen LogP contribution in [0.4, 0.5) is 0 Å². The predicted octanol–water partition coefficient (Wildman–Crippen LogP) is 1.03. The number of hydrogen-bond donors (Lipinski definition) is 0. The van der Waals surface area contributed by atoms with Crippen molar-refractivity contribution in [3.8, 4) is 0 Å². The Hall–Kier alpha value is -1.36. The van der Waals surface area contributed by atoms with E-state index in [4.69, 9.17) is 0 Å². The van der Waals surface area contributed by atoms with E-state index in [0.29, 0.717) is 18.0 Å². The van der Waals surface area contributed by atoms with Crippen LogP contribution in [0.3, 0.4) is 0 Å². The lowest BCUT2D eigenvalue weighted by Crippen LogP contribution is -2.28. The molecule has 4 nitrogen and oxygen atoms in total. The van der Waals surface area contributed by atoms with Crippen molar-refractivity contribution in [3.05, 3.63) is 29.8 Å². The van der Waals surface area contributed by atoms with Crippen molar-refractivity contribution in [2.45, 2.75) is 11.8 Å². The third kappa shape index (κ3) is 1.87. The normalized spacial score (nSPS) is 15.9. The number of sulfonamides is 1. The molecule has 0 spiro atoms. The Labute approximate surface area is 89.3 Å². The van der Waals surface area contributed by atoms with Crippen LogP contribution in [0.2, 0.25) is 0 Å². The SMILES string of the molecule is Cc1ccc(S(=O)(=O)N2C=NCC2)cc1. The molecule has 1 heterocycles. The van der Waals surface area contributed by atoms with Crippen molar-refractivity contribution < 1.29 is 8.42 Å². The maximum Gasteiger partial charge on any atom is 0.265 e. The summed E-state index contributed by atoms with van der Waals surface area (Å²) in [4.78, 5) is 4.22. The lowest BCUT2D eigenvalue weighted by molar-refractivity contribution is 0.541. The first-order valence-corrected chi connectivity index (χ1v) is 6.13. The van der Waals surface area contributed by atoms with E-state index in [1.54, 1.807) is 24.3 Å². The molecule has 1 aliphatic heterocycles. The van der Waals surface area contributed by atoms with Crippen LogP contribution in [0, 0.1) is 6.92 Å². The number of rotatable bonds is 2. The zero-order valence-corrected chi connectivity index (χ0v) is 9.24. The van der Waals surface area contributed by atoms with Gasteiger partial charge in [-0.1, -0.05) is 17.7 Å². The first-order valence-electron chi connectivity index (χ1n) is 4.69. The van der Waals surface area contributed by atoms with Gasteiger partial charge in [-0.2, -0.15) is 0 Å². The average Bonchev–Trinajstić information content (AvgIpc) is 2.71. The highest BCUT2D eigenvalue weighted by atomic mass is 32.2. The highest BCUT2D eigenvalue weighted by Gasteiger charge is 2.23. The van der Waals surface area contributed by atoms with Crippen LogP contribution in [-0.2, 0) is 10.0 Å². The maximum atomic E-state index is 12.0. The molecule has 15 heavy (non-hydrogen) atoms. The van der Waals surface area contributed by atoms with Crippen molar-refractivity contribution in [1.82, 2.24) is 4.31 Å². The van der Waals surface area contributed by atoms with E-state index in [1.165, 1.54) is 10.6 Å². The molecule has 2 rings (SSSR count). The fourth-order valence-corrected chi connectivity index (χ4v) is 2.65. The predicted molar refractivity (Wildman–Crippen MR) is 58.4 cm³/mol. The second-order valence-electron chi connectivity index (χ2n) is 3.45. The summed E-state index contributed by atoms with van der Waals surface area (Å²) >= 11 is 0. The van der Waals surface area contributed by atoms with Gasteiger partial charge in [0, 0.05) is 0 Å². The van der Waals surface area contributed by atoms with Gasteiger partial charge in [0.05, 0.1) is 24.3 Å². The fourth-order valence-electron chi connectivity index (χ4n) is 1.39. The van der Waals surface area contributed by atoms with Gasteiger partial charge >= 0.3 is 0 Å². The van der Waals surface area contributed by atoms with E-state index in [1.807, 2.05) is 6.92 Å². The molecule has 0 unspecified atom stereocenters. The molecule has 80 valence electrons. The van der Waals surface area contributed by atoms with E-state index >= 15 is 0 Å². The quantitative estimate of drug-likeness (QED) is 0.753. The molecular weight excluding hydrogens is 212 g/mol. The van der Waals surface area contributed by atoms with E-state index < -0.39 is 10.0 Å². The molecule has 0 aromatic heterocycles. The monoisotopic (exact) mass is 224 g/mol. The van der Waals surface area contributed by atoms with Crippen LogP contribution >= 0.6 is 0 Å². The van der Waals surface area contributed by atoms with Crippen molar-refractivity contribution >= 4 is 16.4 Å². The summed E-state index contributed by atoms with van der Waals surface area (Å²) < 4.78 is 25.2. The number of nitrogens with zero attached hydrogens (tertiary/aromatic N) is 2. The van der Waals surface area contributed by atoms with Crippen LogP contribution in [0.15, 0.2) is 34.2 Å². The topological polar surface area (TPSA) is 49.7 Å². The van der Waals surface area contributed by atoms with Crippen molar-refractivity contribution in [3.63, 3.8) is 0 Å². The highest BCUT2D eigenvalue weighted by Crippen LogP contribution is 2.16. The van der Waals surface area contributed by atoms with Crippen LogP contribution in [-0.4, -0.2) is 32.2 Å². The van der Waals surface area contributed by atoms with E-state index in [0.717, 1.165) is 5.56 Å². The van der Waals surface area contributed by atoms with Crippen LogP contribution in [0.1, 0.15) is 5.56 Å². The zero-order chi connectivity index (χ0) is 10.9. The van der Waals surface area contributed by atoms with Gasteiger partial charge in [0.2, 0.25) is 0 Å². The molecular formula is C10H12N2O2S. The van der Waals surface area contributed by atoms with Gasteiger partial charge in [0.15, 0.2) is 0 Å². The van der Waals surface area contributed by atoms with Crippen molar-refractivity contribution in [2.24, 2.45) is 4.99 Å². The molecule has 0 fully saturated rings. The van der Waals surface area contributed by atoms with Gasteiger partial charge in [0.25, 0.3) is 10.0 Å². The Morgan fingerprint density at radius 1 is 1.27 bits per heavy atom. The minimum atomic E-state index is -3.37. The second-order valence-corrected chi connectivity index (χ2v) is 5.34. The molecule has 0 N–H and O–H groups in total. The van der Waals surface area contributed by atoms with E-state index in [-0.39, 0.29) is 0 Å². The van der Waals surface area contributed by atoms with Crippen LogP contribution in [0.5, 0.6) is 0 Å². The lowest BCUT2D eigenvalue weighted by atomic mass is 10.2. The molecule has 1 aromatic carbocycles. The van der Waals surface area contributed by atoms with Crippen molar-refractivity contribution in [1.29, 1.82) is 0 Å². The molecule has 0 bridgehead atoms. The summed E-state index contributed by atoms with van der Waals surface area (Å²) in [5, 5.41) is 0.